The number of aliphatic hydroxyl groups excluding tert-OH is 1. The molecule has 2 unspecified atom stereocenters. The third kappa shape index (κ3) is 0.852. The van der Waals surface area contributed by atoms with Crippen LogP contribution in [-0.2, 0) is 4.74 Å². The van der Waals surface area contributed by atoms with Gasteiger partial charge in [-0.3, -0.25) is 0 Å². The van der Waals surface area contributed by atoms with E-state index in [1.807, 2.05) is 0 Å². The summed E-state index contributed by atoms with van der Waals surface area (Å²) in [5.41, 5.74) is 0. The van der Waals surface area contributed by atoms with Gasteiger partial charge in [0.2, 0.25) is 6.29 Å². The molecule has 0 aromatic heterocycles. The van der Waals surface area contributed by atoms with E-state index in [1.54, 1.807) is 0 Å². The summed E-state index contributed by atoms with van der Waals surface area (Å²) in [5, 5.41) is 12.1. The third-order valence-corrected chi connectivity index (χ3v) is 2.00. The van der Waals surface area contributed by atoms with Crippen LogP contribution in [0.4, 0.5) is 0 Å². The smallest absolute Gasteiger partial charge is 0.221 e. The van der Waals surface area contributed by atoms with Crippen molar-refractivity contribution in [1.82, 2.24) is 5.32 Å². The van der Waals surface area contributed by atoms with Gasteiger partial charge in [-0.2, -0.15) is 0 Å². The minimum Gasteiger partial charge on any atom is -0.361 e. The summed E-state index contributed by atoms with van der Waals surface area (Å²) in [6, 6.07) is 0. The van der Waals surface area contributed by atoms with Gasteiger partial charge in [-0.15, -0.1) is 0 Å². The van der Waals surface area contributed by atoms with E-state index in [1.165, 1.54) is 0 Å². The molecule has 1 radical (unpaired) electrons. The van der Waals surface area contributed by atoms with Crippen molar-refractivity contribution in [2.75, 3.05) is 13.1 Å². The van der Waals surface area contributed by atoms with Gasteiger partial charge in [-0.1, -0.05) is 0 Å². The summed E-state index contributed by atoms with van der Waals surface area (Å²) in [4.78, 5) is 0. The number of aliphatic hydroxyl groups is 1. The topological polar surface area (TPSA) is 41.5 Å². The molecule has 51 valence electrons. The molecule has 3 nitrogen and oxygen atoms in total. The van der Waals surface area contributed by atoms with E-state index in [4.69, 9.17) is 9.84 Å². The van der Waals surface area contributed by atoms with Crippen LogP contribution in [0.2, 0.25) is 0 Å². The van der Waals surface area contributed by atoms with E-state index >= 15 is 0 Å². The Kier molecular flexibility index (Phi) is 1.22. The number of rotatable bonds is 0. The highest BCUT2D eigenvalue weighted by Gasteiger charge is 2.38. The lowest BCUT2D eigenvalue weighted by molar-refractivity contribution is 0.00608. The van der Waals surface area contributed by atoms with Crippen LogP contribution in [0.15, 0.2) is 0 Å². The van der Waals surface area contributed by atoms with Gasteiger partial charge in [0.25, 0.3) is 0 Å². The molecule has 2 rings (SSSR count). The predicted molar refractivity (Wildman–Crippen MR) is 31.0 cm³/mol. The first kappa shape index (κ1) is 5.65. The van der Waals surface area contributed by atoms with Crippen molar-refractivity contribution in [3.05, 3.63) is 6.29 Å². The van der Waals surface area contributed by atoms with E-state index in [0.717, 1.165) is 19.5 Å². The first-order valence-electron chi connectivity index (χ1n) is 3.28. The number of hydrogen-bond acceptors (Lipinski definition) is 3. The summed E-state index contributed by atoms with van der Waals surface area (Å²) in [6.07, 6.45) is 1.22. The number of ether oxygens (including phenoxy) is 1. The molecule has 0 amide bonds. The second-order valence-corrected chi connectivity index (χ2v) is 2.67. The van der Waals surface area contributed by atoms with Crippen molar-refractivity contribution in [2.24, 2.45) is 5.92 Å². The molecule has 2 aliphatic heterocycles. The molecule has 0 saturated carbocycles. The average Bonchev–Trinajstić information content (AvgIpc) is 2.22. The molecule has 2 N–H and O–H groups in total. The normalized spacial score (nSPS) is 43.7. The zero-order chi connectivity index (χ0) is 6.27. The fourth-order valence-corrected chi connectivity index (χ4v) is 1.50. The highest BCUT2D eigenvalue weighted by molar-refractivity contribution is 4.92. The Morgan fingerprint density at radius 2 is 2.44 bits per heavy atom. The molecule has 3 heteroatoms. The van der Waals surface area contributed by atoms with E-state index < -0.39 is 0 Å². The quantitative estimate of drug-likeness (QED) is 0.477. The van der Waals surface area contributed by atoms with Crippen molar-refractivity contribution in [3.8, 4) is 0 Å². The monoisotopic (exact) mass is 128 g/mol. The summed E-state index contributed by atoms with van der Waals surface area (Å²) in [5.74, 6) is 0.532. The minimum atomic E-state index is 0.228. The van der Waals surface area contributed by atoms with Crippen LogP contribution < -0.4 is 5.32 Å². The van der Waals surface area contributed by atoms with Crippen LogP contribution in [0.1, 0.15) is 6.42 Å². The number of hydrogen-bond donors (Lipinski definition) is 2. The van der Waals surface area contributed by atoms with E-state index in [0.29, 0.717) is 5.92 Å². The SMILES string of the molecule is O[C]1CC2CNCC2O1. The van der Waals surface area contributed by atoms with Crippen LogP contribution in [0.5, 0.6) is 0 Å². The highest BCUT2D eigenvalue weighted by Crippen LogP contribution is 2.31. The summed E-state index contributed by atoms with van der Waals surface area (Å²) < 4.78 is 5.09. The molecule has 0 aromatic carbocycles. The largest absolute Gasteiger partial charge is 0.361 e. The zero-order valence-corrected chi connectivity index (χ0v) is 5.13. The van der Waals surface area contributed by atoms with Crippen molar-refractivity contribution in [2.45, 2.75) is 12.5 Å². The molecule has 2 atom stereocenters. The molecular weight excluding hydrogens is 118 g/mol. The zero-order valence-electron chi connectivity index (χ0n) is 5.13. The van der Waals surface area contributed by atoms with Gasteiger partial charge in [-0.05, 0) is 0 Å². The van der Waals surface area contributed by atoms with Gasteiger partial charge < -0.3 is 15.2 Å². The van der Waals surface area contributed by atoms with Crippen LogP contribution in [0.25, 0.3) is 0 Å². The Hall–Kier alpha value is -0.120. The molecule has 2 aliphatic rings. The third-order valence-electron chi connectivity index (χ3n) is 2.00. The predicted octanol–water partition coefficient (Wildman–Crippen LogP) is -0.143. The number of nitrogens with one attached hydrogen (secondary N) is 1. The van der Waals surface area contributed by atoms with Gasteiger partial charge in [0.05, 0.1) is 6.10 Å². The first-order valence-corrected chi connectivity index (χ1v) is 3.28. The van der Waals surface area contributed by atoms with Crippen LogP contribution >= 0.6 is 0 Å². The lowest BCUT2D eigenvalue weighted by Gasteiger charge is -2.03. The van der Waals surface area contributed by atoms with Gasteiger partial charge in [-0.25, -0.2) is 0 Å². The average molecular weight is 128 g/mol. The highest BCUT2D eigenvalue weighted by atomic mass is 16.6. The molecule has 2 saturated heterocycles. The maximum atomic E-state index is 8.90. The fourth-order valence-electron chi connectivity index (χ4n) is 1.50. The van der Waals surface area contributed by atoms with Crippen molar-refractivity contribution in [1.29, 1.82) is 0 Å². The molecule has 0 bridgehead atoms. The Morgan fingerprint density at radius 1 is 1.56 bits per heavy atom. The minimum absolute atomic E-state index is 0.228. The Bertz CT molecular complexity index is 106. The van der Waals surface area contributed by atoms with Gasteiger partial charge in [0.15, 0.2) is 0 Å². The van der Waals surface area contributed by atoms with Crippen molar-refractivity contribution < 1.29 is 9.84 Å². The molecule has 0 aliphatic carbocycles. The second-order valence-electron chi connectivity index (χ2n) is 2.67. The Morgan fingerprint density at radius 3 is 3.22 bits per heavy atom. The maximum absolute atomic E-state index is 8.90. The summed E-state index contributed by atoms with van der Waals surface area (Å²) >= 11 is 0. The molecule has 0 aromatic rings. The summed E-state index contributed by atoms with van der Waals surface area (Å²) in [6.45, 7) is 1.89. The molecule has 2 heterocycles. The fraction of sp³-hybridized carbons (Fsp3) is 0.833. The molecule has 0 spiro atoms. The molecular formula is C6H10NO2. The molecule has 9 heavy (non-hydrogen) atoms. The van der Waals surface area contributed by atoms with Gasteiger partial charge in [0, 0.05) is 25.4 Å². The Balaban J connectivity index is 2.02. The second kappa shape index (κ2) is 1.94. The number of fused-ring (bicyclic) bond motifs is 1. The van der Waals surface area contributed by atoms with Gasteiger partial charge in [0.1, 0.15) is 0 Å². The van der Waals surface area contributed by atoms with Crippen molar-refractivity contribution in [3.63, 3.8) is 0 Å². The maximum Gasteiger partial charge on any atom is 0.221 e. The molecule has 2 fully saturated rings. The standard InChI is InChI=1S/C6H10NO2/c8-6-1-4-2-7-3-5(4)9-6/h4-5,7-8H,1-3H2. The lowest BCUT2D eigenvalue weighted by Crippen LogP contribution is -2.15. The lowest BCUT2D eigenvalue weighted by atomic mass is 10.1. The van der Waals surface area contributed by atoms with Gasteiger partial charge >= 0.3 is 0 Å². The summed E-state index contributed by atoms with van der Waals surface area (Å²) in [7, 11) is 0. The van der Waals surface area contributed by atoms with Crippen molar-refractivity contribution >= 4 is 0 Å². The van der Waals surface area contributed by atoms with E-state index in [-0.39, 0.29) is 12.4 Å². The van der Waals surface area contributed by atoms with Crippen LogP contribution in [0, 0.1) is 12.2 Å². The Labute approximate surface area is 54.0 Å². The van der Waals surface area contributed by atoms with Crippen LogP contribution in [0.3, 0.4) is 0 Å². The van der Waals surface area contributed by atoms with Crippen LogP contribution in [-0.4, -0.2) is 24.3 Å². The van der Waals surface area contributed by atoms with E-state index in [2.05, 4.69) is 5.32 Å². The first-order chi connectivity index (χ1) is 4.36. The van der Waals surface area contributed by atoms with E-state index in [9.17, 15) is 0 Å².